The van der Waals surface area contributed by atoms with Crippen molar-refractivity contribution >= 4 is 11.8 Å². The van der Waals surface area contributed by atoms with Crippen LogP contribution in [0.5, 0.6) is 0 Å². The van der Waals surface area contributed by atoms with Gasteiger partial charge in [0, 0.05) is 17.3 Å². The Bertz CT molecular complexity index is 299. The predicted molar refractivity (Wildman–Crippen MR) is 68.3 cm³/mol. The van der Waals surface area contributed by atoms with Crippen LogP contribution in [0.1, 0.15) is 31.9 Å². The number of benzene rings is 1. The standard InChI is InChI=1S/C13H19NS/c1-10(12-6-4-3-5-7-12)14-13-8-9-15-11(13)2/h3-7,10-11,13-14H,8-9H2,1-2H3. The third-order valence-corrected chi connectivity index (χ3v) is 4.47. The molecule has 1 N–H and O–H groups in total. The van der Waals surface area contributed by atoms with E-state index in [1.165, 1.54) is 17.7 Å². The molecule has 2 heteroatoms. The Morgan fingerprint density at radius 1 is 1.33 bits per heavy atom. The molecule has 1 fully saturated rings. The molecule has 1 aromatic carbocycles. The zero-order valence-corrected chi connectivity index (χ0v) is 10.3. The van der Waals surface area contributed by atoms with Crippen LogP contribution >= 0.6 is 11.8 Å². The van der Waals surface area contributed by atoms with Crippen molar-refractivity contribution in [2.24, 2.45) is 0 Å². The lowest BCUT2D eigenvalue weighted by Gasteiger charge is -2.22. The van der Waals surface area contributed by atoms with Crippen LogP contribution < -0.4 is 5.32 Å². The van der Waals surface area contributed by atoms with E-state index >= 15 is 0 Å². The highest BCUT2D eigenvalue weighted by atomic mass is 32.2. The molecule has 1 aliphatic rings. The Morgan fingerprint density at radius 2 is 2.07 bits per heavy atom. The lowest BCUT2D eigenvalue weighted by atomic mass is 10.1. The monoisotopic (exact) mass is 221 g/mol. The molecule has 0 amide bonds. The van der Waals surface area contributed by atoms with Crippen molar-refractivity contribution in [3.63, 3.8) is 0 Å². The van der Waals surface area contributed by atoms with Gasteiger partial charge in [0.1, 0.15) is 0 Å². The van der Waals surface area contributed by atoms with Crippen LogP contribution in [-0.2, 0) is 0 Å². The average molecular weight is 221 g/mol. The van der Waals surface area contributed by atoms with Crippen LogP contribution in [0.3, 0.4) is 0 Å². The molecule has 0 radical (unpaired) electrons. The molecule has 15 heavy (non-hydrogen) atoms. The van der Waals surface area contributed by atoms with Gasteiger partial charge in [-0.25, -0.2) is 0 Å². The van der Waals surface area contributed by atoms with Gasteiger partial charge in [0.15, 0.2) is 0 Å². The molecule has 1 aliphatic heterocycles. The van der Waals surface area contributed by atoms with Gasteiger partial charge in [0.05, 0.1) is 0 Å². The average Bonchev–Trinajstić information content (AvgIpc) is 2.66. The molecule has 0 bridgehead atoms. The third kappa shape index (κ3) is 2.76. The van der Waals surface area contributed by atoms with E-state index < -0.39 is 0 Å². The first-order valence-electron chi connectivity index (χ1n) is 5.70. The Balaban J connectivity index is 1.95. The molecule has 0 aliphatic carbocycles. The SMILES string of the molecule is CC(NC1CCSC1C)c1ccccc1. The minimum Gasteiger partial charge on any atom is -0.306 e. The number of nitrogens with one attached hydrogen (secondary N) is 1. The van der Waals surface area contributed by atoms with Gasteiger partial charge in [0.25, 0.3) is 0 Å². The molecule has 82 valence electrons. The number of rotatable bonds is 3. The van der Waals surface area contributed by atoms with Gasteiger partial charge in [-0.2, -0.15) is 11.8 Å². The van der Waals surface area contributed by atoms with Crippen molar-refractivity contribution in [1.82, 2.24) is 5.32 Å². The summed E-state index contributed by atoms with van der Waals surface area (Å²) in [7, 11) is 0. The molecule has 1 heterocycles. The summed E-state index contributed by atoms with van der Waals surface area (Å²) in [6.07, 6.45) is 1.31. The van der Waals surface area contributed by atoms with E-state index in [2.05, 4.69) is 61.3 Å². The first-order valence-corrected chi connectivity index (χ1v) is 6.75. The zero-order chi connectivity index (χ0) is 10.7. The molecule has 1 aromatic rings. The topological polar surface area (TPSA) is 12.0 Å². The summed E-state index contributed by atoms with van der Waals surface area (Å²) in [5.74, 6) is 1.31. The van der Waals surface area contributed by atoms with Crippen LogP contribution in [0.4, 0.5) is 0 Å². The summed E-state index contributed by atoms with van der Waals surface area (Å²) < 4.78 is 0. The minimum absolute atomic E-state index is 0.470. The van der Waals surface area contributed by atoms with Crippen LogP contribution in [0, 0.1) is 0 Å². The van der Waals surface area contributed by atoms with Gasteiger partial charge in [-0.3, -0.25) is 0 Å². The normalized spacial score (nSPS) is 27.9. The molecule has 0 spiro atoms. The summed E-state index contributed by atoms with van der Waals surface area (Å²) in [5.41, 5.74) is 1.39. The maximum atomic E-state index is 3.72. The van der Waals surface area contributed by atoms with E-state index in [0.717, 1.165) is 5.25 Å². The fourth-order valence-corrected chi connectivity index (χ4v) is 3.32. The number of hydrogen-bond donors (Lipinski definition) is 1. The zero-order valence-electron chi connectivity index (χ0n) is 9.44. The van der Waals surface area contributed by atoms with Gasteiger partial charge in [-0.15, -0.1) is 0 Å². The molecule has 1 saturated heterocycles. The molecule has 1 nitrogen and oxygen atoms in total. The van der Waals surface area contributed by atoms with E-state index in [0.29, 0.717) is 12.1 Å². The van der Waals surface area contributed by atoms with E-state index in [9.17, 15) is 0 Å². The van der Waals surface area contributed by atoms with Crippen molar-refractivity contribution in [2.45, 2.75) is 37.6 Å². The van der Waals surface area contributed by atoms with Crippen LogP contribution in [0.2, 0.25) is 0 Å². The molecular weight excluding hydrogens is 202 g/mol. The lowest BCUT2D eigenvalue weighted by molar-refractivity contribution is 0.454. The highest BCUT2D eigenvalue weighted by Gasteiger charge is 2.24. The van der Waals surface area contributed by atoms with Crippen molar-refractivity contribution in [1.29, 1.82) is 0 Å². The van der Waals surface area contributed by atoms with Crippen molar-refractivity contribution in [2.75, 3.05) is 5.75 Å². The number of hydrogen-bond acceptors (Lipinski definition) is 2. The van der Waals surface area contributed by atoms with Crippen LogP contribution in [0.25, 0.3) is 0 Å². The van der Waals surface area contributed by atoms with E-state index in [1.54, 1.807) is 0 Å². The summed E-state index contributed by atoms with van der Waals surface area (Å²) in [6, 6.07) is 11.8. The quantitative estimate of drug-likeness (QED) is 0.841. The van der Waals surface area contributed by atoms with Crippen molar-refractivity contribution in [3.8, 4) is 0 Å². The highest BCUT2D eigenvalue weighted by Crippen LogP contribution is 2.28. The Labute approximate surface area is 96.7 Å². The molecule has 3 atom stereocenters. The van der Waals surface area contributed by atoms with Crippen molar-refractivity contribution < 1.29 is 0 Å². The van der Waals surface area contributed by atoms with Gasteiger partial charge < -0.3 is 5.32 Å². The van der Waals surface area contributed by atoms with Crippen LogP contribution in [0.15, 0.2) is 30.3 Å². The Kier molecular flexibility index (Phi) is 3.71. The lowest BCUT2D eigenvalue weighted by Crippen LogP contribution is -2.35. The molecule has 3 unspecified atom stereocenters. The molecule has 2 rings (SSSR count). The van der Waals surface area contributed by atoms with Gasteiger partial charge in [0.2, 0.25) is 0 Å². The first-order chi connectivity index (χ1) is 7.27. The van der Waals surface area contributed by atoms with E-state index in [4.69, 9.17) is 0 Å². The summed E-state index contributed by atoms with van der Waals surface area (Å²) >= 11 is 2.08. The Hall–Kier alpha value is -0.470. The smallest absolute Gasteiger partial charge is 0.0294 e. The second kappa shape index (κ2) is 5.04. The van der Waals surface area contributed by atoms with E-state index in [-0.39, 0.29) is 0 Å². The molecule has 0 aromatic heterocycles. The first kappa shape index (κ1) is 11.0. The largest absolute Gasteiger partial charge is 0.306 e. The summed E-state index contributed by atoms with van der Waals surface area (Å²) in [6.45, 7) is 4.58. The fraction of sp³-hybridized carbons (Fsp3) is 0.538. The second-order valence-corrected chi connectivity index (χ2v) is 5.76. The summed E-state index contributed by atoms with van der Waals surface area (Å²) in [4.78, 5) is 0. The second-order valence-electron chi connectivity index (χ2n) is 4.27. The highest BCUT2D eigenvalue weighted by molar-refractivity contribution is 8.00. The van der Waals surface area contributed by atoms with Crippen molar-refractivity contribution in [3.05, 3.63) is 35.9 Å². The fourth-order valence-electron chi connectivity index (χ4n) is 2.11. The van der Waals surface area contributed by atoms with Gasteiger partial charge in [-0.05, 0) is 24.7 Å². The maximum Gasteiger partial charge on any atom is 0.0294 e. The van der Waals surface area contributed by atoms with Gasteiger partial charge >= 0.3 is 0 Å². The third-order valence-electron chi connectivity index (χ3n) is 3.14. The Morgan fingerprint density at radius 3 is 2.67 bits per heavy atom. The van der Waals surface area contributed by atoms with Gasteiger partial charge in [-0.1, -0.05) is 37.3 Å². The predicted octanol–water partition coefficient (Wildman–Crippen LogP) is 3.23. The minimum atomic E-state index is 0.470. The summed E-state index contributed by atoms with van der Waals surface area (Å²) in [5, 5.41) is 4.48. The van der Waals surface area contributed by atoms with E-state index in [1.807, 2.05) is 0 Å². The number of thioether (sulfide) groups is 1. The maximum absolute atomic E-state index is 3.72. The van der Waals surface area contributed by atoms with Crippen LogP contribution in [-0.4, -0.2) is 17.0 Å². The molecule has 0 saturated carbocycles. The molecular formula is C13H19NS.